The fourth-order valence-electron chi connectivity index (χ4n) is 0.846. The Morgan fingerprint density at radius 2 is 2.38 bits per heavy atom. The number of carbonyl (C=O) groups is 1. The van der Waals surface area contributed by atoms with E-state index in [0.29, 0.717) is 16.5 Å². The van der Waals surface area contributed by atoms with Crippen LogP contribution in [0, 0.1) is 6.92 Å². The van der Waals surface area contributed by atoms with Crippen molar-refractivity contribution in [3.8, 4) is 0 Å². The first kappa shape index (κ1) is 9.74. The van der Waals surface area contributed by atoms with Crippen LogP contribution in [0.15, 0.2) is 24.8 Å². The van der Waals surface area contributed by atoms with E-state index in [1.165, 1.54) is 6.08 Å². The van der Waals surface area contributed by atoms with Gasteiger partial charge in [0.15, 0.2) is 0 Å². The second-order valence-electron chi connectivity index (χ2n) is 2.46. The quantitative estimate of drug-likeness (QED) is 0.582. The van der Waals surface area contributed by atoms with E-state index in [-0.39, 0.29) is 5.91 Å². The number of nitrogens with one attached hydrogen (secondary N) is 1. The molecule has 1 aromatic rings. The Balaban J connectivity index is 2.89. The molecule has 0 radical (unpaired) electrons. The summed E-state index contributed by atoms with van der Waals surface area (Å²) < 4.78 is 0. The number of amides is 1. The molecule has 0 saturated heterocycles. The van der Waals surface area contributed by atoms with Crippen molar-refractivity contribution in [2.45, 2.75) is 6.92 Å². The lowest BCUT2D eigenvalue weighted by molar-refractivity contribution is -0.111. The smallest absolute Gasteiger partial charge is 0.247 e. The van der Waals surface area contributed by atoms with E-state index < -0.39 is 0 Å². The molecule has 68 valence electrons. The monoisotopic (exact) mass is 196 g/mol. The molecule has 1 rings (SSSR count). The summed E-state index contributed by atoms with van der Waals surface area (Å²) in [5, 5.41) is 3.02. The zero-order chi connectivity index (χ0) is 9.84. The summed E-state index contributed by atoms with van der Waals surface area (Å²) in [6.07, 6.45) is 1.20. The van der Waals surface area contributed by atoms with Gasteiger partial charge in [-0.1, -0.05) is 18.2 Å². The zero-order valence-electron chi connectivity index (χ0n) is 7.17. The standard InChI is InChI=1S/C9H9ClN2O/c1-3-9(13)12-7-4-5-8(10)11-6(7)2/h3-5H,1H2,2H3,(H,12,13). The summed E-state index contributed by atoms with van der Waals surface area (Å²) in [5.41, 5.74) is 1.33. The Kier molecular flexibility index (Phi) is 3.03. The average molecular weight is 197 g/mol. The van der Waals surface area contributed by atoms with Crippen LogP contribution in [0.3, 0.4) is 0 Å². The van der Waals surface area contributed by atoms with Gasteiger partial charge in [0.2, 0.25) is 5.91 Å². The minimum atomic E-state index is -0.257. The molecule has 4 heteroatoms. The molecule has 0 aliphatic carbocycles. The normalized spacial score (nSPS) is 9.38. The molecule has 1 aromatic heterocycles. The molecule has 1 heterocycles. The Morgan fingerprint density at radius 3 is 2.92 bits per heavy atom. The van der Waals surface area contributed by atoms with E-state index in [4.69, 9.17) is 11.6 Å². The number of pyridine rings is 1. The summed E-state index contributed by atoms with van der Waals surface area (Å²) in [6, 6.07) is 3.32. The van der Waals surface area contributed by atoms with E-state index in [1.807, 2.05) is 0 Å². The van der Waals surface area contributed by atoms with Crippen LogP contribution in [0.25, 0.3) is 0 Å². The van der Waals surface area contributed by atoms with Crippen LogP contribution in [0.5, 0.6) is 0 Å². The number of anilines is 1. The van der Waals surface area contributed by atoms with Gasteiger partial charge in [-0.15, -0.1) is 0 Å². The van der Waals surface area contributed by atoms with Gasteiger partial charge in [0, 0.05) is 0 Å². The molecular weight excluding hydrogens is 188 g/mol. The largest absolute Gasteiger partial charge is 0.321 e. The van der Waals surface area contributed by atoms with Crippen LogP contribution in [0.1, 0.15) is 5.69 Å². The van der Waals surface area contributed by atoms with Gasteiger partial charge in [-0.05, 0) is 25.1 Å². The fourth-order valence-corrected chi connectivity index (χ4v) is 1.04. The van der Waals surface area contributed by atoms with Crippen molar-refractivity contribution in [2.24, 2.45) is 0 Å². The van der Waals surface area contributed by atoms with Gasteiger partial charge in [0.25, 0.3) is 0 Å². The van der Waals surface area contributed by atoms with Gasteiger partial charge in [-0.2, -0.15) is 0 Å². The second kappa shape index (κ2) is 4.05. The third-order valence-corrected chi connectivity index (χ3v) is 1.71. The number of nitrogens with zero attached hydrogens (tertiary/aromatic N) is 1. The van der Waals surface area contributed by atoms with Crippen LogP contribution >= 0.6 is 11.6 Å². The van der Waals surface area contributed by atoms with Crippen molar-refractivity contribution in [2.75, 3.05) is 5.32 Å². The van der Waals surface area contributed by atoms with Crippen LogP contribution in [-0.2, 0) is 4.79 Å². The Morgan fingerprint density at radius 1 is 1.69 bits per heavy atom. The summed E-state index contributed by atoms with van der Waals surface area (Å²) in [7, 11) is 0. The molecule has 0 saturated carbocycles. The first-order chi connectivity index (χ1) is 6.13. The molecule has 0 aromatic carbocycles. The molecule has 0 fully saturated rings. The molecule has 0 atom stereocenters. The molecule has 3 nitrogen and oxygen atoms in total. The van der Waals surface area contributed by atoms with Crippen molar-refractivity contribution in [3.63, 3.8) is 0 Å². The highest BCUT2D eigenvalue weighted by Gasteiger charge is 2.02. The summed E-state index contributed by atoms with van der Waals surface area (Å²) >= 11 is 5.64. The van der Waals surface area contributed by atoms with Gasteiger partial charge in [-0.25, -0.2) is 4.98 Å². The van der Waals surface area contributed by atoms with Gasteiger partial charge in [0.1, 0.15) is 5.15 Å². The topological polar surface area (TPSA) is 42.0 Å². The lowest BCUT2D eigenvalue weighted by atomic mass is 10.3. The molecular formula is C9H9ClN2O. The lowest BCUT2D eigenvalue weighted by Crippen LogP contribution is -2.08. The molecule has 0 spiro atoms. The van der Waals surface area contributed by atoms with E-state index in [9.17, 15) is 4.79 Å². The van der Waals surface area contributed by atoms with Gasteiger partial charge in [0.05, 0.1) is 11.4 Å². The Labute approximate surface area is 81.4 Å². The first-order valence-electron chi connectivity index (χ1n) is 3.70. The summed E-state index contributed by atoms with van der Waals surface area (Å²) in [6.45, 7) is 5.11. The zero-order valence-corrected chi connectivity index (χ0v) is 7.93. The van der Waals surface area contributed by atoms with Gasteiger partial charge >= 0.3 is 0 Å². The number of rotatable bonds is 2. The second-order valence-corrected chi connectivity index (χ2v) is 2.85. The highest BCUT2D eigenvalue weighted by Crippen LogP contribution is 2.15. The van der Waals surface area contributed by atoms with Crippen molar-refractivity contribution in [1.82, 2.24) is 4.98 Å². The minimum absolute atomic E-state index is 0.257. The van der Waals surface area contributed by atoms with E-state index in [2.05, 4.69) is 16.9 Å². The van der Waals surface area contributed by atoms with E-state index in [0.717, 1.165) is 0 Å². The third kappa shape index (κ3) is 2.56. The first-order valence-corrected chi connectivity index (χ1v) is 4.08. The molecule has 0 aliphatic rings. The van der Waals surface area contributed by atoms with Crippen LogP contribution in [0.2, 0.25) is 5.15 Å². The Hall–Kier alpha value is -1.35. The number of hydrogen-bond acceptors (Lipinski definition) is 2. The fraction of sp³-hybridized carbons (Fsp3) is 0.111. The number of aryl methyl sites for hydroxylation is 1. The molecule has 0 bridgehead atoms. The lowest BCUT2D eigenvalue weighted by Gasteiger charge is -2.04. The number of hydrogen-bond donors (Lipinski definition) is 1. The Bertz CT molecular complexity index is 349. The molecule has 0 aliphatic heterocycles. The van der Waals surface area contributed by atoms with Crippen LogP contribution < -0.4 is 5.32 Å². The maximum Gasteiger partial charge on any atom is 0.247 e. The SMILES string of the molecule is C=CC(=O)Nc1ccc(Cl)nc1C. The average Bonchev–Trinajstić information content (AvgIpc) is 2.09. The highest BCUT2D eigenvalue weighted by molar-refractivity contribution is 6.29. The van der Waals surface area contributed by atoms with E-state index >= 15 is 0 Å². The number of aromatic nitrogens is 1. The van der Waals surface area contributed by atoms with Gasteiger partial charge in [-0.3, -0.25) is 4.79 Å². The maximum atomic E-state index is 10.9. The summed E-state index contributed by atoms with van der Waals surface area (Å²) in [4.78, 5) is 14.9. The molecule has 1 N–H and O–H groups in total. The highest BCUT2D eigenvalue weighted by atomic mass is 35.5. The predicted octanol–water partition coefficient (Wildman–Crippen LogP) is 2.17. The van der Waals surface area contributed by atoms with Crippen molar-refractivity contribution >= 4 is 23.2 Å². The van der Waals surface area contributed by atoms with Crippen molar-refractivity contribution in [3.05, 3.63) is 35.6 Å². The molecule has 1 amide bonds. The number of halogens is 1. The summed E-state index contributed by atoms with van der Waals surface area (Å²) in [5.74, 6) is -0.257. The van der Waals surface area contributed by atoms with Crippen molar-refractivity contribution in [1.29, 1.82) is 0 Å². The van der Waals surface area contributed by atoms with E-state index in [1.54, 1.807) is 19.1 Å². The third-order valence-electron chi connectivity index (χ3n) is 1.50. The minimum Gasteiger partial charge on any atom is -0.321 e. The molecule has 13 heavy (non-hydrogen) atoms. The van der Waals surface area contributed by atoms with Gasteiger partial charge < -0.3 is 5.32 Å². The van der Waals surface area contributed by atoms with Crippen LogP contribution in [0.4, 0.5) is 5.69 Å². The maximum absolute atomic E-state index is 10.9. The number of carbonyl (C=O) groups excluding carboxylic acids is 1. The van der Waals surface area contributed by atoms with Crippen LogP contribution in [-0.4, -0.2) is 10.9 Å². The van der Waals surface area contributed by atoms with Crippen molar-refractivity contribution < 1.29 is 4.79 Å². The molecule has 0 unspecified atom stereocenters. The predicted molar refractivity (Wildman–Crippen MR) is 52.8 cm³/mol.